The van der Waals surface area contributed by atoms with Crippen LogP contribution < -0.4 is 0 Å². The highest BCUT2D eigenvalue weighted by Crippen LogP contribution is 2.25. The predicted molar refractivity (Wildman–Crippen MR) is 63.2 cm³/mol. The summed E-state index contributed by atoms with van der Waals surface area (Å²) < 4.78 is 2.16. The second kappa shape index (κ2) is 3.21. The molecule has 0 bridgehead atoms. The van der Waals surface area contributed by atoms with Crippen LogP contribution in [0.1, 0.15) is 5.69 Å². The van der Waals surface area contributed by atoms with E-state index in [2.05, 4.69) is 33.2 Å². The number of hydrogen-bond donors (Lipinski definition) is 0. The molecule has 0 unspecified atom stereocenters. The second-order valence-electron chi connectivity index (χ2n) is 3.47. The topological polar surface area (TPSA) is 17.3 Å². The van der Waals surface area contributed by atoms with Crippen molar-refractivity contribution in [3.05, 3.63) is 47.5 Å². The molecule has 3 heteroatoms. The number of imidazole rings is 1. The first kappa shape index (κ1) is 8.68. The zero-order valence-corrected chi connectivity index (χ0v) is 9.16. The Morgan fingerprint density at radius 2 is 1.93 bits per heavy atom. The van der Waals surface area contributed by atoms with Gasteiger partial charge in [0.1, 0.15) is 5.65 Å². The van der Waals surface area contributed by atoms with Crippen molar-refractivity contribution in [3.63, 3.8) is 0 Å². The number of benzene rings is 1. The van der Waals surface area contributed by atoms with Crippen molar-refractivity contribution >= 4 is 17.2 Å². The predicted octanol–water partition coefficient (Wildman–Crippen LogP) is 3.37. The average Bonchev–Trinajstić information content (AvgIpc) is 2.83. The maximum Gasteiger partial charge on any atom is 0.147 e. The lowest BCUT2D eigenvalue weighted by Crippen LogP contribution is -1.81. The summed E-state index contributed by atoms with van der Waals surface area (Å²) >= 11 is 1.68. The molecule has 0 fully saturated rings. The molecule has 3 rings (SSSR count). The average molecular weight is 214 g/mol. The highest BCUT2D eigenvalue weighted by molar-refractivity contribution is 7.04. The third-order valence-corrected chi connectivity index (χ3v) is 3.44. The molecule has 0 spiro atoms. The van der Waals surface area contributed by atoms with Gasteiger partial charge in [-0.3, -0.25) is 3.79 Å². The molecule has 3 aromatic rings. The maximum absolute atomic E-state index is 4.62. The minimum Gasteiger partial charge on any atom is -0.252 e. The van der Waals surface area contributed by atoms with Crippen molar-refractivity contribution in [2.75, 3.05) is 0 Å². The molecule has 2 nitrogen and oxygen atoms in total. The molecule has 0 aliphatic heterocycles. The van der Waals surface area contributed by atoms with E-state index < -0.39 is 0 Å². The molecule has 0 atom stereocenters. The van der Waals surface area contributed by atoms with Crippen molar-refractivity contribution in [1.29, 1.82) is 0 Å². The summed E-state index contributed by atoms with van der Waals surface area (Å²) in [6.45, 7) is 2.11. The van der Waals surface area contributed by atoms with Crippen molar-refractivity contribution in [3.8, 4) is 11.3 Å². The number of hydrogen-bond acceptors (Lipinski definition) is 2. The summed E-state index contributed by atoms with van der Waals surface area (Å²) in [6, 6.07) is 12.4. The standard InChI is InChI=1S/C12H10N2S/c1-9-12(10-5-3-2-4-6-10)13-11-7-8-15-14(9)11/h2-8H,1H3. The van der Waals surface area contributed by atoms with Gasteiger partial charge < -0.3 is 0 Å². The molecule has 2 aromatic heterocycles. The summed E-state index contributed by atoms with van der Waals surface area (Å²) in [5, 5.41) is 2.06. The smallest absolute Gasteiger partial charge is 0.147 e. The second-order valence-corrected chi connectivity index (χ2v) is 4.32. The van der Waals surface area contributed by atoms with Crippen molar-refractivity contribution < 1.29 is 0 Å². The minimum atomic E-state index is 1.04. The van der Waals surface area contributed by atoms with Gasteiger partial charge in [-0.05, 0) is 13.0 Å². The van der Waals surface area contributed by atoms with Crippen LogP contribution in [0.25, 0.3) is 16.9 Å². The Hall–Kier alpha value is -1.61. The SMILES string of the molecule is Cc1c(-c2ccccc2)nc2ccsn12. The number of fused-ring (bicyclic) bond motifs is 1. The summed E-state index contributed by atoms with van der Waals surface area (Å²) in [5.74, 6) is 0. The van der Waals surface area contributed by atoms with Gasteiger partial charge in [-0.2, -0.15) is 0 Å². The van der Waals surface area contributed by atoms with Crippen molar-refractivity contribution in [2.24, 2.45) is 0 Å². The zero-order valence-electron chi connectivity index (χ0n) is 8.34. The van der Waals surface area contributed by atoms with E-state index in [-0.39, 0.29) is 0 Å². The van der Waals surface area contributed by atoms with E-state index >= 15 is 0 Å². The largest absolute Gasteiger partial charge is 0.252 e. The van der Waals surface area contributed by atoms with Gasteiger partial charge in [-0.15, -0.1) is 0 Å². The van der Waals surface area contributed by atoms with Crippen LogP contribution in [-0.2, 0) is 0 Å². The molecule has 0 aliphatic rings. The fourth-order valence-corrected chi connectivity index (χ4v) is 2.53. The maximum atomic E-state index is 4.62. The van der Waals surface area contributed by atoms with Gasteiger partial charge in [0, 0.05) is 10.9 Å². The number of aromatic nitrogens is 2. The van der Waals surface area contributed by atoms with E-state index in [1.54, 1.807) is 11.5 Å². The normalized spacial score (nSPS) is 11.0. The van der Waals surface area contributed by atoms with Crippen molar-refractivity contribution in [2.45, 2.75) is 6.92 Å². The molecule has 0 N–H and O–H groups in total. The summed E-state index contributed by atoms with van der Waals surface area (Å²) in [6.07, 6.45) is 0. The van der Waals surface area contributed by atoms with Gasteiger partial charge in [0.25, 0.3) is 0 Å². The van der Waals surface area contributed by atoms with Gasteiger partial charge in [0.15, 0.2) is 0 Å². The van der Waals surface area contributed by atoms with Gasteiger partial charge in [-0.25, -0.2) is 4.98 Å². The minimum absolute atomic E-state index is 1.04. The first-order chi connectivity index (χ1) is 7.36. The molecule has 0 amide bonds. The Bertz CT molecular complexity index is 592. The molecule has 0 aliphatic carbocycles. The van der Waals surface area contributed by atoms with Crippen LogP contribution in [0.15, 0.2) is 41.8 Å². The Morgan fingerprint density at radius 3 is 2.67 bits per heavy atom. The lowest BCUT2D eigenvalue weighted by atomic mass is 10.1. The monoisotopic (exact) mass is 214 g/mol. The molecule has 2 heterocycles. The van der Waals surface area contributed by atoms with Crippen LogP contribution in [0.2, 0.25) is 0 Å². The van der Waals surface area contributed by atoms with Gasteiger partial charge >= 0.3 is 0 Å². The first-order valence-corrected chi connectivity index (χ1v) is 5.68. The summed E-state index contributed by atoms with van der Waals surface area (Å²) in [4.78, 5) is 4.62. The van der Waals surface area contributed by atoms with E-state index in [9.17, 15) is 0 Å². The van der Waals surface area contributed by atoms with Gasteiger partial charge in [-0.1, -0.05) is 41.9 Å². The highest BCUT2D eigenvalue weighted by Gasteiger charge is 2.09. The Kier molecular flexibility index (Phi) is 1.86. The fourth-order valence-electron chi connectivity index (χ4n) is 1.77. The van der Waals surface area contributed by atoms with Crippen LogP contribution in [0.3, 0.4) is 0 Å². The third-order valence-electron chi connectivity index (χ3n) is 2.51. The molecular weight excluding hydrogens is 204 g/mol. The molecule has 15 heavy (non-hydrogen) atoms. The van der Waals surface area contributed by atoms with Crippen molar-refractivity contribution in [1.82, 2.24) is 8.77 Å². The zero-order chi connectivity index (χ0) is 10.3. The van der Waals surface area contributed by atoms with E-state index in [1.165, 1.54) is 11.3 Å². The van der Waals surface area contributed by atoms with Crippen LogP contribution in [0.4, 0.5) is 0 Å². The summed E-state index contributed by atoms with van der Waals surface area (Å²) in [5.41, 5.74) is 4.52. The number of nitrogens with zero attached hydrogens (tertiary/aromatic N) is 2. The Morgan fingerprint density at radius 1 is 1.13 bits per heavy atom. The lowest BCUT2D eigenvalue weighted by molar-refractivity contribution is 1.25. The molecule has 0 saturated heterocycles. The van der Waals surface area contributed by atoms with E-state index in [4.69, 9.17) is 0 Å². The first-order valence-electron chi connectivity index (χ1n) is 4.85. The van der Waals surface area contributed by atoms with Gasteiger partial charge in [0.2, 0.25) is 0 Å². The van der Waals surface area contributed by atoms with Crippen LogP contribution in [-0.4, -0.2) is 8.77 Å². The van der Waals surface area contributed by atoms with E-state index in [0.29, 0.717) is 0 Å². The van der Waals surface area contributed by atoms with Crippen LogP contribution in [0, 0.1) is 6.92 Å². The lowest BCUT2D eigenvalue weighted by Gasteiger charge is -1.97. The Labute approximate surface area is 92.0 Å². The summed E-state index contributed by atoms with van der Waals surface area (Å²) in [7, 11) is 0. The fraction of sp³-hybridized carbons (Fsp3) is 0.0833. The molecule has 0 radical (unpaired) electrons. The van der Waals surface area contributed by atoms with Crippen LogP contribution in [0.5, 0.6) is 0 Å². The molecule has 0 saturated carbocycles. The quantitative estimate of drug-likeness (QED) is 0.607. The number of aryl methyl sites for hydroxylation is 1. The number of rotatable bonds is 1. The van der Waals surface area contributed by atoms with Gasteiger partial charge in [0.05, 0.1) is 11.4 Å². The van der Waals surface area contributed by atoms with E-state index in [0.717, 1.165) is 11.3 Å². The van der Waals surface area contributed by atoms with Crippen LogP contribution >= 0.6 is 11.5 Å². The highest BCUT2D eigenvalue weighted by atomic mass is 32.1. The molecule has 74 valence electrons. The third kappa shape index (κ3) is 1.27. The molecular formula is C12H10N2S. The van der Waals surface area contributed by atoms with E-state index in [1.807, 2.05) is 24.3 Å². The molecule has 1 aromatic carbocycles. The Balaban J connectivity index is 2.27.